The van der Waals surface area contributed by atoms with Crippen LogP contribution in [0.2, 0.25) is 0 Å². The molecular weight excluding hydrogens is 270 g/mol. The standard InChI is InChI=1S/C16H27NO4/c1-13(18)14(19)10-8-6-4-5-7-9-11-15(20)17-12-16(2,3)21/h6,8-11,13,18-19,21H,4-5,7,12H2,1-3H3,(H,17,20)/b8-6+,11-9+,14-10-. The zero-order valence-corrected chi connectivity index (χ0v) is 13.0. The third-order valence-corrected chi connectivity index (χ3v) is 2.54. The van der Waals surface area contributed by atoms with Crippen LogP contribution in [0.1, 0.15) is 40.0 Å². The second-order valence-electron chi connectivity index (χ2n) is 5.56. The third kappa shape index (κ3) is 13.2. The maximum absolute atomic E-state index is 11.4. The summed E-state index contributed by atoms with van der Waals surface area (Å²) >= 11 is 0. The molecule has 0 saturated carbocycles. The van der Waals surface area contributed by atoms with Crippen molar-refractivity contribution >= 4 is 5.91 Å². The molecule has 120 valence electrons. The number of amides is 1. The number of carbonyl (C=O) groups excluding carboxylic acids is 1. The summed E-state index contributed by atoms with van der Waals surface area (Å²) in [6.45, 7) is 4.98. The molecule has 0 aliphatic rings. The molecule has 21 heavy (non-hydrogen) atoms. The lowest BCUT2D eigenvalue weighted by molar-refractivity contribution is -0.117. The van der Waals surface area contributed by atoms with E-state index >= 15 is 0 Å². The minimum absolute atomic E-state index is 0.0605. The van der Waals surface area contributed by atoms with Gasteiger partial charge in [0.05, 0.1) is 5.60 Å². The van der Waals surface area contributed by atoms with Gasteiger partial charge in [-0.05, 0) is 52.2 Å². The molecule has 5 nitrogen and oxygen atoms in total. The van der Waals surface area contributed by atoms with Gasteiger partial charge in [-0.25, -0.2) is 0 Å². The molecule has 0 aliphatic heterocycles. The fourth-order valence-electron chi connectivity index (χ4n) is 1.31. The van der Waals surface area contributed by atoms with Gasteiger partial charge in [0.1, 0.15) is 11.9 Å². The molecule has 0 aliphatic carbocycles. The Hall–Kier alpha value is -1.59. The van der Waals surface area contributed by atoms with Crippen LogP contribution in [-0.4, -0.2) is 39.5 Å². The molecule has 1 atom stereocenters. The Balaban J connectivity index is 3.76. The van der Waals surface area contributed by atoms with Crippen LogP contribution < -0.4 is 5.32 Å². The van der Waals surface area contributed by atoms with Crippen LogP contribution >= 0.6 is 0 Å². The van der Waals surface area contributed by atoms with Crippen molar-refractivity contribution in [3.8, 4) is 0 Å². The summed E-state index contributed by atoms with van der Waals surface area (Å²) in [6.07, 6.45) is 9.93. The van der Waals surface area contributed by atoms with E-state index in [1.807, 2.05) is 6.08 Å². The average molecular weight is 297 g/mol. The first-order valence-electron chi connectivity index (χ1n) is 7.13. The maximum Gasteiger partial charge on any atom is 0.243 e. The van der Waals surface area contributed by atoms with Gasteiger partial charge in [0.2, 0.25) is 5.91 Å². The molecule has 0 fully saturated rings. The lowest BCUT2D eigenvalue weighted by atomic mass is 10.1. The Morgan fingerprint density at radius 3 is 2.48 bits per heavy atom. The van der Waals surface area contributed by atoms with Crippen LogP contribution in [0.5, 0.6) is 0 Å². The molecule has 0 aromatic rings. The van der Waals surface area contributed by atoms with E-state index in [1.165, 1.54) is 19.1 Å². The summed E-state index contributed by atoms with van der Waals surface area (Å²) in [4.78, 5) is 11.4. The van der Waals surface area contributed by atoms with Crippen LogP contribution in [0.4, 0.5) is 0 Å². The summed E-state index contributed by atoms with van der Waals surface area (Å²) in [5, 5.41) is 30.3. The molecule has 0 rings (SSSR count). The van der Waals surface area contributed by atoms with Crippen molar-refractivity contribution in [2.24, 2.45) is 0 Å². The zero-order chi connectivity index (χ0) is 16.3. The van der Waals surface area contributed by atoms with Crippen molar-refractivity contribution in [1.82, 2.24) is 5.32 Å². The van der Waals surface area contributed by atoms with Gasteiger partial charge in [0.25, 0.3) is 0 Å². The molecule has 0 heterocycles. The van der Waals surface area contributed by atoms with E-state index in [2.05, 4.69) is 5.32 Å². The van der Waals surface area contributed by atoms with Crippen molar-refractivity contribution < 1.29 is 20.1 Å². The minimum Gasteiger partial charge on any atom is -0.510 e. The number of rotatable bonds is 9. The van der Waals surface area contributed by atoms with Gasteiger partial charge in [-0.3, -0.25) is 4.79 Å². The number of aliphatic hydroxyl groups is 3. The summed E-state index contributed by atoms with van der Waals surface area (Å²) in [7, 11) is 0. The van der Waals surface area contributed by atoms with E-state index in [4.69, 9.17) is 5.11 Å². The Bertz CT molecular complexity index is 390. The number of carbonyl (C=O) groups is 1. The maximum atomic E-state index is 11.4. The normalized spacial score (nSPS) is 14.8. The molecule has 0 bridgehead atoms. The van der Waals surface area contributed by atoms with E-state index in [1.54, 1.807) is 26.0 Å². The second-order valence-corrected chi connectivity index (χ2v) is 5.56. The van der Waals surface area contributed by atoms with Gasteiger partial charge in [-0.2, -0.15) is 0 Å². The quantitative estimate of drug-likeness (QED) is 0.227. The zero-order valence-electron chi connectivity index (χ0n) is 13.0. The monoisotopic (exact) mass is 297 g/mol. The topological polar surface area (TPSA) is 89.8 Å². The molecule has 1 unspecified atom stereocenters. The molecule has 0 aromatic carbocycles. The Morgan fingerprint density at radius 1 is 1.29 bits per heavy atom. The van der Waals surface area contributed by atoms with Gasteiger partial charge in [-0.15, -0.1) is 0 Å². The van der Waals surface area contributed by atoms with Crippen LogP contribution in [0, 0.1) is 0 Å². The fourth-order valence-corrected chi connectivity index (χ4v) is 1.31. The number of allylic oxidation sites excluding steroid dienone is 4. The van der Waals surface area contributed by atoms with Gasteiger partial charge in [-0.1, -0.05) is 18.2 Å². The van der Waals surface area contributed by atoms with Gasteiger partial charge in [0.15, 0.2) is 0 Å². The summed E-state index contributed by atoms with van der Waals surface area (Å²) < 4.78 is 0. The summed E-state index contributed by atoms with van der Waals surface area (Å²) in [5.41, 5.74) is -0.903. The number of aliphatic hydroxyl groups excluding tert-OH is 2. The summed E-state index contributed by atoms with van der Waals surface area (Å²) in [6, 6.07) is 0. The Morgan fingerprint density at radius 2 is 1.90 bits per heavy atom. The van der Waals surface area contributed by atoms with Crippen molar-refractivity contribution in [2.45, 2.75) is 51.7 Å². The average Bonchev–Trinajstić information content (AvgIpc) is 2.38. The predicted molar refractivity (Wildman–Crippen MR) is 83.8 cm³/mol. The number of nitrogens with one attached hydrogen (secondary N) is 1. The molecule has 5 heteroatoms. The number of unbranched alkanes of at least 4 members (excludes halogenated alkanes) is 2. The number of hydrogen-bond acceptors (Lipinski definition) is 4. The summed E-state index contributed by atoms with van der Waals surface area (Å²) in [5.74, 6) is -0.271. The van der Waals surface area contributed by atoms with Crippen molar-refractivity contribution in [1.29, 1.82) is 0 Å². The lowest BCUT2D eigenvalue weighted by Gasteiger charge is -2.16. The third-order valence-electron chi connectivity index (χ3n) is 2.54. The van der Waals surface area contributed by atoms with Crippen molar-refractivity contribution in [3.05, 3.63) is 36.1 Å². The van der Waals surface area contributed by atoms with E-state index in [9.17, 15) is 15.0 Å². The molecule has 0 saturated heterocycles. The van der Waals surface area contributed by atoms with E-state index in [-0.39, 0.29) is 18.2 Å². The minimum atomic E-state index is -0.903. The number of hydrogen-bond donors (Lipinski definition) is 4. The van der Waals surface area contributed by atoms with Gasteiger partial charge in [0, 0.05) is 6.54 Å². The lowest BCUT2D eigenvalue weighted by Crippen LogP contribution is -2.37. The highest BCUT2D eigenvalue weighted by molar-refractivity contribution is 5.87. The van der Waals surface area contributed by atoms with Crippen molar-refractivity contribution in [3.63, 3.8) is 0 Å². The van der Waals surface area contributed by atoms with Crippen LogP contribution in [0.25, 0.3) is 0 Å². The molecule has 0 aromatic heterocycles. The van der Waals surface area contributed by atoms with Crippen LogP contribution in [0.3, 0.4) is 0 Å². The van der Waals surface area contributed by atoms with E-state index in [0.717, 1.165) is 19.3 Å². The molecule has 0 spiro atoms. The SMILES string of the molecule is CC(O)/C(O)=C/C=C/CCC/C=C/C(=O)NCC(C)(C)O. The fraction of sp³-hybridized carbons (Fsp3) is 0.562. The first-order valence-corrected chi connectivity index (χ1v) is 7.13. The first-order chi connectivity index (χ1) is 9.72. The van der Waals surface area contributed by atoms with Gasteiger partial charge < -0.3 is 20.6 Å². The van der Waals surface area contributed by atoms with Crippen molar-refractivity contribution in [2.75, 3.05) is 6.54 Å². The smallest absolute Gasteiger partial charge is 0.243 e. The molecular formula is C16H27NO4. The highest BCUT2D eigenvalue weighted by Gasteiger charge is 2.12. The Labute approximate surface area is 126 Å². The highest BCUT2D eigenvalue weighted by Crippen LogP contribution is 2.01. The van der Waals surface area contributed by atoms with Crippen LogP contribution in [0.15, 0.2) is 36.1 Å². The molecule has 0 radical (unpaired) electrons. The second kappa shape index (κ2) is 10.2. The first kappa shape index (κ1) is 19.4. The van der Waals surface area contributed by atoms with E-state index < -0.39 is 11.7 Å². The largest absolute Gasteiger partial charge is 0.510 e. The predicted octanol–water partition coefficient (Wildman–Crippen LogP) is 1.98. The van der Waals surface area contributed by atoms with Gasteiger partial charge >= 0.3 is 0 Å². The molecule has 1 amide bonds. The highest BCUT2D eigenvalue weighted by atomic mass is 16.3. The molecule has 4 N–H and O–H groups in total. The van der Waals surface area contributed by atoms with E-state index in [0.29, 0.717) is 0 Å². The Kier molecular flexibility index (Phi) is 9.41. The van der Waals surface area contributed by atoms with Crippen LogP contribution in [-0.2, 0) is 4.79 Å².